The number of hydrogen-bond donors (Lipinski definition) is 0. The number of para-hydroxylation sites is 4. The van der Waals surface area contributed by atoms with Crippen LogP contribution in [0.15, 0.2) is 146 Å². The smallest absolute Gasteiger partial charge is 0.343 e. The highest BCUT2D eigenvalue weighted by atomic mass is 16.5. The number of rotatable bonds is 12. The third-order valence-electron chi connectivity index (χ3n) is 9.76. The minimum absolute atomic E-state index is 0.389. The second kappa shape index (κ2) is 17.6. The van der Waals surface area contributed by atoms with E-state index in [0.717, 1.165) is 80.2 Å². The van der Waals surface area contributed by atoms with Crippen molar-refractivity contribution in [2.45, 2.75) is 52.1 Å². The molecule has 8 bridgehead atoms. The predicted molar refractivity (Wildman–Crippen MR) is 215 cm³/mol. The average molecular weight is 715 g/mol. The quantitative estimate of drug-likeness (QED) is 0.0546. The van der Waals surface area contributed by atoms with Gasteiger partial charge in [0.1, 0.15) is 36.2 Å². The van der Waals surface area contributed by atoms with E-state index in [9.17, 15) is 4.79 Å². The van der Waals surface area contributed by atoms with Crippen LogP contribution in [0.25, 0.3) is 0 Å². The topological polar surface area (TPSA) is 54.0 Å². The summed E-state index contributed by atoms with van der Waals surface area (Å²) < 4.78 is 26.3. The molecule has 0 aliphatic heterocycles. The Morgan fingerprint density at radius 2 is 0.963 bits per heavy atom. The highest BCUT2D eigenvalue weighted by molar-refractivity contribution is 5.91. The van der Waals surface area contributed by atoms with Crippen LogP contribution in [-0.4, -0.2) is 19.2 Å². The molecule has 1 aliphatic rings. The number of carbonyl (C=O) groups is 1. The molecule has 0 atom stereocenters. The van der Waals surface area contributed by atoms with Gasteiger partial charge in [0.15, 0.2) is 0 Å². The number of ether oxygens (including phenoxy) is 4. The second-order valence-electron chi connectivity index (χ2n) is 13.7. The molecule has 0 saturated carbocycles. The Balaban J connectivity index is 1.41. The van der Waals surface area contributed by atoms with Gasteiger partial charge in [-0.25, -0.2) is 4.79 Å². The first kappa shape index (κ1) is 36.3. The van der Waals surface area contributed by atoms with Gasteiger partial charge in [0.05, 0.1) is 12.2 Å². The molecule has 272 valence electrons. The van der Waals surface area contributed by atoms with Crippen LogP contribution in [0.4, 0.5) is 0 Å². The lowest BCUT2D eigenvalue weighted by Gasteiger charge is -2.22. The molecule has 0 saturated heterocycles. The van der Waals surface area contributed by atoms with Crippen molar-refractivity contribution >= 4 is 5.97 Å². The number of carbonyl (C=O) groups excluding carboxylic acids is 1. The largest absolute Gasteiger partial charge is 0.493 e. The zero-order valence-corrected chi connectivity index (χ0v) is 30.9. The summed E-state index contributed by atoms with van der Waals surface area (Å²) >= 11 is 0. The highest BCUT2D eigenvalue weighted by Crippen LogP contribution is 2.39. The van der Waals surface area contributed by atoms with Crippen molar-refractivity contribution in [3.05, 3.63) is 202 Å². The first-order valence-corrected chi connectivity index (χ1v) is 18.8. The first-order valence-electron chi connectivity index (χ1n) is 18.8. The van der Waals surface area contributed by atoms with Crippen LogP contribution < -0.4 is 18.9 Å². The van der Waals surface area contributed by atoms with Crippen molar-refractivity contribution in [2.75, 3.05) is 13.2 Å². The van der Waals surface area contributed by atoms with Gasteiger partial charge in [0, 0.05) is 25.7 Å². The van der Waals surface area contributed by atoms with Crippen LogP contribution in [0.3, 0.4) is 0 Å². The molecule has 0 unspecified atom stereocenters. The molecule has 6 aromatic carbocycles. The van der Waals surface area contributed by atoms with Gasteiger partial charge in [-0.1, -0.05) is 147 Å². The summed E-state index contributed by atoms with van der Waals surface area (Å²) in [6.07, 6.45) is 5.96. The van der Waals surface area contributed by atoms with Crippen molar-refractivity contribution < 1.29 is 23.7 Å². The maximum Gasteiger partial charge on any atom is 0.343 e. The molecular formula is C49H46O5. The monoisotopic (exact) mass is 714 g/mol. The molecule has 6 aromatic rings. The van der Waals surface area contributed by atoms with E-state index in [1.165, 1.54) is 0 Å². The van der Waals surface area contributed by atoms with E-state index < -0.39 is 5.97 Å². The van der Waals surface area contributed by atoms with Crippen molar-refractivity contribution in [2.24, 2.45) is 0 Å². The Labute approximate surface area is 318 Å². The summed E-state index contributed by atoms with van der Waals surface area (Å²) in [5.41, 5.74) is 9.65. The van der Waals surface area contributed by atoms with E-state index >= 15 is 0 Å². The Morgan fingerprint density at radius 1 is 0.537 bits per heavy atom. The molecule has 5 nitrogen and oxygen atoms in total. The maximum atomic E-state index is 13.7. The molecule has 0 heterocycles. The first-order chi connectivity index (χ1) is 26.6. The summed E-state index contributed by atoms with van der Waals surface area (Å²) in [5, 5.41) is 0. The fourth-order valence-corrected chi connectivity index (χ4v) is 7.09. The average Bonchev–Trinajstić information content (AvgIpc) is 3.20. The lowest BCUT2D eigenvalue weighted by molar-refractivity contribution is 0.0731. The molecule has 0 fully saturated rings. The molecule has 0 spiro atoms. The Bertz CT molecular complexity index is 2210. The molecule has 0 aromatic heterocycles. The van der Waals surface area contributed by atoms with E-state index in [2.05, 4.69) is 92.4 Å². The van der Waals surface area contributed by atoms with Gasteiger partial charge in [0.2, 0.25) is 0 Å². The lowest BCUT2D eigenvalue weighted by Crippen LogP contribution is -2.13. The van der Waals surface area contributed by atoms with Gasteiger partial charge in [-0.15, -0.1) is 0 Å². The van der Waals surface area contributed by atoms with E-state index in [4.69, 9.17) is 18.9 Å². The number of esters is 1. The van der Waals surface area contributed by atoms with E-state index in [1.807, 2.05) is 42.5 Å². The van der Waals surface area contributed by atoms with Crippen LogP contribution in [0.1, 0.15) is 80.2 Å². The van der Waals surface area contributed by atoms with Gasteiger partial charge in [-0.05, 0) is 68.6 Å². The van der Waals surface area contributed by atoms with Gasteiger partial charge in [-0.2, -0.15) is 0 Å². The molecule has 7 rings (SSSR count). The van der Waals surface area contributed by atoms with Crippen LogP contribution in [0.2, 0.25) is 0 Å². The molecule has 0 amide bonds. The normalized spacial score (nSPS) is 12.0. The Morgan fingerprint density at radius 3 is 1.43 bits per heavy atom. The van der Waals surface area contributed by atoms with Gasteiger partial charge in [0.25, 0.3) is 0 Å². The van der Waals surface area contributed by atoms with Crippen molar-refractivity contribution in [1.29, 1.82) is 0 Å². The summed E-state index contributed by atoms with van der Waals surface area (Å²) in [4.78, 5) is 13.7. The predicted octanol–water partition coefficient (Wildman–Crippen LogP) is 10.9. The number of hydrogen-bond acceptors (Lipinski definition) is 5. The lowest BCUT2D eigenvalue weighted by atomic mass is 9.91. The van der Waals surface area contributed by atoms with Crippen LogP contribution >= 0.6 is 0 Å². The van der Waals surface area contributed by atoms with Crippen LogP contribution in [0.5, 0.6) is 23.0 Å². The van der Waals surface area contributed by atoms with Crippen LogP contribution in [-0.2, 0) is 32.3 Å². The summed E-state index contributed by atoms with van der Waals surface area (Å²) in [7, 11) is 0. The third kappa shape index (κ3) is 8.58. The summed E-state index contributed by atoms with van der Waals surface area (Å²) in [5.74, 6) is 2.70. The van der Waals surface area contributed by atoms with Gasteiger partial charge < -0.3 is 18.9 Å². The molecule has 0 radical (unpaired) electrons. The van der Waals surface area contributed by atoms with Crippen molar-refractivity contribution in [1.82, 2.24) is 0 Å². The van der Waals surface area contributed by atoms with Gasteiger partial charge in [-0.3, -0.25) is 0 Å². The van der Waals surface area contributed by atoms with Crippen molar-refractivity contribution in [3.8, 4) is 23.0 Å². The van der Waals surface area contributed by atoms with E-state index in [0.29, 0.717) is 56.8 Å². The fourth-order valence-electron chi connectivity index (χ4n) is 7.09. The zero-order valence-electron chi connectivity index (χ0n) is 30.9. The van der Waals surface area contributed by atoms with Gasteiger partial charge >= 0.3 is 5.97 Å². The van der Waals surface area contributed by atoms with E-state index in [1.54, 1.807) is 18.2 Å². The molecule has 1 aliphatic carbocycles. The van der Waals surface area contributed by atoms with Crippen LogP contribution in [0, 0.1) is 0 Å². The molecule has 54 heavy (non-hydrogen) atoms. The Kier molecular flexibility index (Phi) is 11.9. The maximum absolute atomic E-state index is 13.7. The summed E-state index contributed by atoms with van der Waals surface area (Å²) in [6, 6.07) is 44.6. The SMILES string of the molecule is C=CCOc1c2cccc1Cc1cccc(c1OCc1ccccc1)Cc1cccc(c1OC(=O)c1ccccc1)Cc1cccc(c1OCCCC)C2. The standard InChI is InChI=1S/C49H46O5/c1-3-5-29-52-46-39-22-13-23-40(46)32-43-26-15-27-44(48(43)54-49(50)36-18-10-7-11-19-36)33-42-25-14-24-41(47(42)53-34-35-16-8-6-9-17-35)31-38-21-12-20-37(30-39)45(38)51-28-4-2/h4,6-27H,2-3,5,28-34H2,1H3. The molecular weight excluding hydrogens is 669 g/mol. The Hall–Kier alpha value is -6.07. The fraction of sp³-hybridized carbons (Fsp3) is 0.204. The van der Waals surface area contributed by atoms with E-state index in [-0.39, 0.29) is 0 Å². The third-order valence-corrected chi connectivity index (χ3v) is 9.76. The second-order valence-corrected chi connectivity index (χ2v) is 13.7. The number of fused-ring (bicyclic) bond motifs is 8. The molecule has 5 heteroatoms. The highest BCUT2D eigenvalue weighted by Gasteiger charge is 2.23. The summed E-state index contributed by atoms with van der Waals surface area (Å²) in [6.45, 7) is 7.52. The zero-order chi connectivity index (χ0) is 37.1. The minimum atomic E-state index is -0.397. The van der Waals surface area contributed by atoms with Crippen molar-refractivity contribution in [3.63, 3.8) is 0 Å². The number of benzene rings is 6. The minimum Gasteiger partial charge on any atom is -0.493 e. The molecule has 0 N–H and O–H groups in total. The number of unbranched alkanes of at least 4 members (excludes halogenated alkanes) is 1.